The molecule has 0 atom stereocenters. The van der Waals surface area contributed by atoms with E-state index in [1.165, 1.54) is 74.3 Å². The van der Waals surface area contributed by atoms with Crippen LogP contribution < -0.4 is 0 Å². The summed E-state index contributed by atoms with van der Waals surface area (Å²) in [5.41, 5.74) is 5.52. The molecule has 0 N–H and O–H groups in total. The summed E-state index contributed by atoms with van der Waals surface area (Å²) in [5.74, 6) is 0. The monoisotopic (exact) mass is 281 g/mol. The van der Waals surface area contributed by atoms with E-state index in [0.29, 0.717) is 0 Å². The zero-order chi connectivity index (χ0) is 14.1. The molecule has 2 heterocycles. The number of likely N-dealkylation sites (tertiary alicyclic amines) is 1. The van der Waals surface area contributed by atoms with E-state index in [4.69, 9.17) is 5.10 Å². The van der Waals surface area contributed by atoms with Crippen molar-refractivity contribution in [3.63, 3.8) is 0 Å². The molecule has 2 aliphatic rings. The van der Waals surface area contributed by atoms with Crippen molar-refractivity contribution in [2.45, 2.75) is 45.1 Å². The normalized spacial score (nSPS) is 18.9. The fourth-order valence-corrected chi connectivity index (χ4v) is 3.75. The smallest absolute Gasteiger partial charge is 0.0804 e. The first-order valence-corrected chi connectivity index (χ1v) is 8.29. The second-order valence-corrected chi connectivity index (χ2v) is 6.31. The third kappa shape index (κ3) is 2.51. The minimum Gasteiger partial charge on any atom is -0.297 e. The molecule has 0 spiro atoms. The Bertz CT molecular complexity index is 609. The van der Waals surface area contributed by atoms with Crippen LogP contribution in [0, 0.1) is 0 Å². The molecule has 1 aliphatic carbocycles. The van der Waals surface area contributed by atoms with Gasteiger partial charge in [-0.25, -0.2) is 4.68 Å². The van der Waals surface area contributed by atoms with Gasteiger partial charge < -0.3 is 0 Å². The van der Waals surface area contributed by atoms with Crippen LogP contribution in [0.3, 0.4) is 0 Å². The highest BCUT2D eigenvalue weighted by atomic mass is 15.3. The van der Waals surface area contributed by atoms with E-state index < -0.39 is 0 Å². The van der Waals surface area contributed by atoms with Crippen molar-refractivity contribution in [3.8, 4) is 5.69 Å². The summed E-state index contributed by atoms with van der Waals surface area (Å²) in [7, 11) is 0. The number of benzene rings is 1. The fourth-order valence-electron chi connectivity index (χ4n) is 3.75. The van der Waals surface area contributed by atoms with Crippen molar-refractivity contribution < 1.29 is 0 Å². The molecule has 3 nitrogen and oxygen atoms in total. The summed E-state index contributed by atoms with van der Waals surface area (Å²) < 4.78 is 2.20. The van der Waals surface area contributed by atoms with Crippen LogP contribution in [-0.2, 0) is 19.4 Å². The number of fused-ring (bicyclic) bond motifs is 1. The molecule has 1 aromatic carbocycles. The van der Waals surface area contributed by atoms with Crippen LogP contribution in [0.15, 0.2) is 30.3 Å². The second-order valence-electron chi connectivity index (χ2n) is 6.31. The minimum absolute atomic E-state index is 1.04. The fraction of sp³-hybridized carbons (Fsp3) is 0.500. The van der Waals surface area contributed by atoms with Crippen LogP contribution in [0.1, 0.15) is 42.6 Å². The first-order chi connectivity index (χ1) is 10.4. The van der Waals surface area contributed by atoms with Gasteiger partial charge in [-0.15, -0.1) is 0 Å². The number of hydrogen-bond acceptors (Lipinski definition) is 2. The predicted molar refractivity (Wildman–Crippen MR) is 84.7 cm³/mol. The molecule has 0 bridgehead atoms. The summed E-state index contributed by atoms with van der Waals surface area (Å²) in [4.78, 5) is 2.58. The number of para-hydroxylation sites is 1. The van der Waals surface area contributed by atoms with Crippen LogP contribution in [0.5, 0.6) is 0 Å². The van der Waals surface area contributed by atoms with Crippen molar-refractivity contribution in [2.24, 2.45) is 0 Å². The number of hydrogen-bond donors (Lipinski definition) is 0. The number of nitrogens with zero attached hydrogens (tertiary/aromatic N) is 3. The molecule has 21 heavy (non-hydrogen) atoms. The largest absolute Gasteiger partial charge is 0.297 e. The Labute approximate surface area is 126 Å². The maximum atomic E-state index is 4.97. The van der Waals surface area contributed by atoms with E-state index in [-0.39, 0.29) is 0 Å². The maximum absolute atomic E-state index is 4.97. The highest BCUT2D eigenvalue weighted by molar-refractivity contribution is 5.39. The molecule has 1 aromatic heterocycles. The summed E-state index contributed by atoms with van der Waals surface area (Å²) in [6.45, 7) is 3.53. The summed E-state index contributed by atoms with van der Waals surface area (Å²) >= 11 is 0. The Kier molecular flexibility index (Phi) is 3.52. The Hall–Kier alpha value is -1.61. The quantitative estimate of drug-likeness (QED) is 0.860. The second kappa shape index (κ2) is 5.64. The summed E-state index contributed by atoms with van der Waals surface area (Å²) in [6.07, 6.45) is 7.77. The van der Waals surface area contributed by atoms with Gasteiger partial charge in [0, 0.05) is 12.2 Å². The average Bonchev–Trinajstić information content (AvgIpc) is 3.13. The lowest BCUT2D eigenvalue weighted by molar-refractivity contribution is 0.217. The molecular formula is C18H23N3. The number of piperidine rings is 1. The van der Waals surface area contributed by atoms with Crippen LogP contribution in [-0.4, -0.2) is 27.8 Å². The standard InChI is InChI=1S/C18H23N3/c1-3-8-15(9-4-1)21-18-11-7-10-16(18)17(19-21)14-20-12-5-2-6-13-20/h1,3-4,8-9H,2,5-7,10-14H2. The van der Waals surface area contributed by atoms with Gasteiger partial charge in [0.25, 0.3) is 0 Å². The van der Waals surface area contributed by atoms with E-state index in [9.17, 15) is 0 Å². The first kappa shape index (κ1) is 13.1. The van der Waals surface area contributed by atoms with Gasteiger partial charge in [-0.2, -0.15) is 5.10 Å². The molecule has 1 aliphatic heterocycles. The van der Waals surface area contributed by atoms with Gasteiger partial charge in [0.15, 0.2) is 0 Å². The molecule has 1 saturated heterocycles. The van der Waals surface area contributed by atoms with Crippen molar-refractivity contribution in [2.75, 3.05) is 13.1 Å². The lowest BCUT2D eigenvalue weighted by atomic mass is 10.1. The first-order valence-electron chi connectivity index (χ1n) is 8.29. The molecule has 3 heteroatoms. The molecule has 4 rings (SSSR count). The van der Waals surface area contributed by atoms with Crippen molar-refractivity contribution in [1.82, 2.24) is 14.7 Å². The summed E-state index contributed by atoms with van der Waals surface area (Å²) in [6, 6.07) is 10.6. The molecular weight excluding hydrogens is 258 g/mol. The highest BCUT2D eigenvalue weighted by Crippen LogP contribution is 2.29. The molecule has 0 radical (unpaired) electrons. The van der Waals surface area contributed by atoms with Crippen molar-refractivity contribution >= 4 is 0 Å². The van der Waals surface area contributed by atoms with Gasteiger partial charge in [-0.05, 0) is 62.9 Å². The van der Waals surface area contributed by atoms with Crippen LogP contribution in [0.4, 0.5) is 0 Å². The van der Waals surface area contributed by atoms with E-state index in [1.54, 1.807) is 0 Å². The van der Waals surface area contributed by atoms with Gasteiger partial charge in [0.2, 0.25) is 0 Å². The number of aromatic nitrogens is 2. The van der Waals surface area contributed by atoms with Gasteiger partial charge in [0.05, 0.1) is 11.4 Å². The molecule has 110 valence electrons. The minimum atomic E-state index is 1.04. The van der Waals surface area contributed by atoms with Gasteiger partial charge in [0.1, 0.15) is 0 Å². The van der Waals surface area contributed by atoms with E-state index >= 15 is 0 Å². The van der Waals surface area contributed by atoms with Crippen LogP contribution in [0.25, 0.3) is 5.69 Å². The van der Waals surface area contributed by atoms with Gasteiger partial charge >= 0.3 is 0 Å². The van der Waals surface area contributed by atoms with E-state index in [0.717, 1.165) is 6.54 Å². The Balaban J connectivity index is 1.66. The van der Waals surface area contributed by atoms with Crippen molar-refractivity contribution in [3.05, 3.63) is 47.3 Å². The molecule has 0 amide bonds. The third-order valence-corrected chi connectivity index (χ3v) is 4.84. The van der Waals surface area contributed by atoms with E-state index in [1.807, 2.05) is 0 Å². The Morgan fingerprint density at radius 1 is 0.905 bits per heavy atom. The maximum Gasteiger partial charge on any atom is 0.0804 e. The lowest BCUT2D eigenvalue weighted by Crippen LogP contribution is -2.29. The predicted octanol–water partition coefficient (Wildman–Crippen LogP) is 3.35. The number of rotatable bonds is 3. The Morgan fingerprint density at radius 2 is 1.71 bits per heavy atom. The molecule has 0 saturated carbocycles. The molecule has 1 fully saturated rings. The van der Waals surface area contributed by atoms with Crippen molar-refractivity contribution in [1.29, 1.82) is 0 Å². The van der Waals surface area contributed by atoms with Crippen LogP contribution in [0.2, 0.25) is 0 Å². The summed E-state index contributed by atoms with van der Waals surface area (Å²) in [5, 5.41) is 4.97. The van der Waals surface area contributed by atoms with Gasteiger partial charge in [-0.3, -0.25) is 4.90 Å². The van der Waals surface area contributed by atoms with E-state index in [2.05, 4.69) is 39.9 Å². The van der Waals surface area contributed by atoms with Crippen LogP contribution >= 0.6 is 0 Å². The zero-order valence-electron chi connectivity index (χ0n) is 12.6. The molecule has 0 unspecified atom stereocenters. The SMILES string of the molecule is c1ccc(-n2nc(CN3CCCCC3)c3c2CCC3)cc1. The zero-order valence-corrected chi connectivity index (χ0v) is 12.6. The highest BCUT2D eigenvalue weighted by Gasteiger charge is 2.24. The molecule has 2 aromatic rings. The lowest BCUT2D eigenvalue weighted by Gasteiger charge is -2.25. The average molecular weight is 281 g/mol. The van der Waals surface area contributed by atoms with Gasteiger partial charge in [-0.1, -0.05) is 24.6 Å². The topological polar surface area (TPSA) is 21.1 Å². The third-order valence-electron chi connectivity index (χ3n) is 4.84. The Morgan fingerprint density at radius 3 is 2.52 bits per heavy atom.